The topological polar surface area (TPSA) is 194 Å². The number of benzene rings is 1. The first-order valence-corrected chi connectivity index (χ1v) is 14.2. The first-order chi connectivity index (χ1) is 18.3. The van der Waals surface area contributed by atoms with Crippen molar-refractivity contribution in [1.29, 1.82) is 0 Å². The molecular weight excluding hydrogens is 528 g/mol. The Morgan fingerprint density at radius 3 is 2.64 bits per heavy atom. The monoisotopic (exact) mass is 564 g/mol. The van der Waals surface area contributed by atoms with Crippen molar-refractivity contribution >= 4 is 33.0 Å². The molecule has 1 aromatic carbocycles. The van der Waals surface area contributed by atoms with Crippen molar-refractivity contribution in [3.05, 3.63) is 40.3 Å². The normalized spacial score (nSPS) is 12.3. The lowest BCUT2D eigenvalue weighted by atomic mass is 10.1. The SMILES string of the molecule is CCCCOc1nc(N)c2[nH]c(=O)n(CCCCN(CC(C)(C)O)S(=O)(=O)c3cccc(CC(=O)O)c3)c2n1. The highest BCUT2D eigenvalue weighted by molar-refractivity contribution is 7.89. The molecular formula is C25H36N6O7S. The Kier molecular flexibility index (Phi) is 9.69. The number of carbonyl (C=O) groups is 1. The highest BCUT2D eigenvalue weighted by Crippen LogP contribution is 2.22. The number of anilines is 1. The lowest BCUT2D eigenvalue weighted by molar-refractivity contribution is -0.136. The van der Waals surface area contributed by atoms with E-state index in [0.717, 1.165) is 12.8 Å². The molecule has 3 rings (SSSR count). The molecule has 0 bridgehead atoms. The molecule has 13 nitrogen and oxygen atoms in total. The van der Waals surface area contributed by atoms with Crippen molar-refractivity contribution < 1.29 is 28.2 Å². The number of nitrogens with two attached hydrogens (primary N) is 1. The van der Waals surface area contributed by atoms with Gasteiger partial charge in [0.2, 0.25) is 10.0 Å². The van der Waals surface area contributed by atoms with Crippen LogP contribution >= 0.6 is 0 Å². The summed E-state index contributed by atoms with van der Waals surface area (Å²) in [6.45, 7) is 5.58. The van der Waals surface area contributed by atoms with Gasteiger partial charge in [-0.15, -0.1) is 0 Å². The van der Waals surface area contributed by atoms with Crippen LogP contribution in [0.15, 0.2) is 34.0 Å². The van der Waals surface area contributed by atoms with Crippen LogP contribution in [-0.2, 0) is 27.8 Å². The van der Waals surface area contributed by atoms with Gasteiger partial charge in [0.05, 0.1) is 23.5 Å². The van der Waals surface area contributed by atoms with Crippen LogP contribution in [-0.4, -0.2) is 73.7 Å². The number of hydrogen-bond donors (Lipinski definition) is 4. The summed E-state index contributed by atoms with van der Waals surface area (Å²) in [5, 5.41) is 19.5. The van der Waals surface area contributed by atoms with E-state index in [9.17, 15) is 23.1 Å². The van der Waals surface area contributed by atoms with Gasteiger partial charge in [-0.3, -0.25) is 9.36 Å². The van der Waals surface area contributed by atoms with Gasteiger partial charge in [-0.1, -0.05) is 25.5 Å². The first-order valence-electron chi connectivity index (χ1n) is 12.7. The van der Waals surface area contributed by atoms with Crippen LogP contribution in [0.5, 0.6) is 6.01 Å². The minimum atomic E-state index is -4.04. The van der Waals surface area contributed by atoms with Gasteiger partial charge in [-0.2, -0.15) is 14.3 Å². The summed E-state index contributed by atoms with van der Waals surface area (Å²) >= 11 is 0. The molecule has 0 aliphatic carbocycles. The zero-order valence-electron chi connectivity index (χ0n) is 22.4. The highest BCUT2D eigenvalue weighted by Gasteiger charge is 2.29. The molecule has 0 saturated carbocycles. The number of ether oxygens (including phenoxy) is 1. The zero-order valence-corrected chi connectivity index (χ0v) is 23.2. The van der Waals surface area contributed by atoms with E-state index in [1.165, 1.54) is 40.9 Å². The van der Waals surface area contributed by atoms with Crippen molar-refractivity contribution in [3.8, 4) is 6.01 Å². The molecule has 0 fully saturated rings. The molecule has 0 amide bonds. The second kappa shape index (κ2) is 12.6. The number of nitrogens with zero attached hydrogens (tertiary/aromatic N) is 4. The standard InChI is InChI=1S/C25H36N6O7S/c1-4-5-13-38-23-28-21(26)20-22(29-23)31(24(34)27-20)12-7-6-11-30(16-25(2,3)35)39(36,37)18-10-8-9-17(14-18)15-19(32)33/h8-10,14,35H,4-7,11-13,15-16H2,1-3H3,(H,27,34)(H,32,33)(H2,26,28,29). The Balaban J connectivity index is 1.76. The maximum absolute atomic E-state index is 13.4. The minimum absolute atomic E-state index is 0.0545. The average molecular weight is 565 g/mol. The van der Waals surface area contributed by atoms with Gasteiger partial charge in [0, 0.05) is 19.6 Å². The zero-order chi connectivity index (χ0) is 28.8. The van der Waals surface area contributed by atoms with E-state index in [-0.39, 0.29) is 42.8 Å². The quantitative estimate of drug-likeness (QED) is 0.198. The summed E-state index contributed by atoms with van der Waals surface area (Å²) in [5.41, 5.74) is 5.21. The van der Waals surface area contributed by atoms with E-state index in [2.05, 4.69) is 15.0 Å². The number of aliphatic carboxylic acids is 1. The second-order valence-corrected chi connectivity index (χ2v) is 11.9. The number of carboxylic acids is 1. The average Bonchev–Trinajstić information content (AvgIpc) is 3.16. The first kappa shape index (κ1) is 30.1. The van der Waals surface area contributed by atoms with Crippen molar-refractivity contribution in [1.82, 2.24) is 23.8 Å². The van der Waals surface area contributed by atoms with Gasteiger partial charge >= 0.3 is 17.7 Å². The number of fused-ring (bicyclic) bond motifs is 1. The van der Waals surface area contributed by atoms with Gasteiger partial charge in [0.1, 0.15) is 5.52 Å². The van der Waals surface area contributed by atoms with E-state index in [4.69, 9.17) is 15.6 Å². The summed E-state index contributed by atoms with van der Waals surface area (Å²) in [4.78, 5) is 34.7. The fourth-order valence-corrected chi connectivity index (χ4v) is 5.73. The molecule has 14 heteroatoms. The Morgan fingerprint density at radius 1 is 1.23 bits per heavy atom. The predicted octanol–water partition coefficient (Wildman–Crippen LogP) is 1.75. The van der Waals surface area contributed by atoms with Crippen LogP contribution in [0.4, 0.5) is 5.82 Å². The molecule has 2 aromatic heterocycles. The molecule has 214 valence electrons. The molecule has 0 saturated heterocycles. The van der Waals surface area contributed by atoms with Crippen LogP contribution in [0.3, 0.4) is 0 Å². The number of hydrogen-bond acceptors (Lipinski definition) is 9. The highest BCUT2D eigenvalue weighted by atomic mass is 32.2. The molecule has 0 radical (unpaired) electrons. The van der Waals surface area contributed by atoms with E-state index in [0.29, 0.717) is 36.2 Å². The lowest BCUT2D eigenvalue weighted by Gasteiger charge is -2.28. The number of H-pyrrole nitrogens is 1. The van der Waals surface area contributed by atoms with Crippen molar-refractivity contribution in [2.75, 3.05) is 25.4 Å². The number of nitrogen functional groups attached to an aromatic ring is 1. The number of sulfonamides is 1. The van der Waals surface area contributed by atoms with Gasteiger partial charge < -0.3 is 25.7 Å². The Bertz CT molecular complexity index is 1460. The summed E-state index contributed by atoms with van der Waals surface area (Å²) in [6.07, 6.45) is 2.22. The van der Waals surface area contributed by atoms with Crippen LogP contribution in [0.2, 0.25) is 0 Å². The molecule has 0 aliphatic rings. The van der Waals surface area contributed by atoms with E-state index in [1.54, 1.807) is 6.07 Å². The number of nitrogens with one attached hydrogen (secondary N) is 1. The summed E-state index contributed by atoms with van der Waals surface area (Å²) < 4.78 is 35.0. The molecule has 5 N–H and O–H groups in total. The maximum atomic E-state index is 13.4. The van der Waals surface area contributed by atoms with Gasteiger partial charge in [-0.25, -0.2) is 13.2 Å². The van der Waals surface area contributed by atoms with Crippen LogP contribution in [0.1, 0.15) is 52.0 Å². The number of aryl methyl sites for hydroxylation is 1. The largest absolute Gasteiger partial charge is 0.481 e. The second-order valence-electron chi connectivity index (χ2n) is 9.95. The number of aromatic nitrogens is 4. The molecule has 0 spiro atoms. The Labute approximate surface area is 226 Å². The third-order valence-electron chi connectivity index (χ3n) is 5.85. The molecule has 39 heavy (non-hydrogen) atoms. The van der Waals surface area contributed by atoms with Crippen molar-refractivity contribution in [2.45, 2.75) is 69.9 Å². The molecule has 0 atom stereocenters. The Hall–Kier alpha value is -3.49. The van der Waals surface area contributed by atoms with E-state index < -0.39 is 27.3 Å². The third-order valence-corrected chi connectivity index (χ3v) is 7.69. The number of unbranched alkanes of at least 4 members (excludes halogenated alkanes) is 2. The smallest absolute Gasteiger partial charge is 0.327 e. The summed E-state index contributed by atoms with van der Waals surface area (Å²) in [5.74, 6) is -0.980. The van der Waals surface area contributed by atoms with Gasteiger partial charge in [0.15, 0.2) is 11.5 Å². The minimum Gasteiger partial charge on any atom is -0.481 e. The fourth-order valence-electron chi connectivity index (χ4n) is 4.02. The number of carboxylic acid groups (broad SMARTS) is 1. The molecule has 3 aromatic rings. The van der Waals surface area contributed by atoms with E-state index in [1.807, 2.05) is 6.92 Å². The number of aliphatic hydroxyl groups is 1. The Morgan fingerprint density at radius 2 is 1.97 bits per heavy atom. The van der Waals surface area contributed by atoms with Crippen LogP contribution in [0, 0.1) is 0 Å². The molecule has 0 unspecified atom stereocenters. The number of aromatic amines is 1. The predicted molar refractivity (Wildman–Crippen MR) is 145 cm³/mol. The third kappa shape index (κ3) is 8.00. The summed E-state index contributed by atoms with van der Waals surface area (Å²) in [7, 11) is -4.04. The van der Waals surface area contributed by atoms with Gasteiger partial charge in [-0.05, 0) is 50.8 Å². The van der Waals surface area contributed by atoms with Crippen LogP contribution < -0.4 is 16.2 Å². The summed E-state index contributed by atoms with van der Waals surface area (Å²) in [6, 6.07) is 5.84. The van der Waals surface area contributed by atoms with E-state index >= 15 is 0 Å². The molecule has 2 heterocycles. The number of rotatable bonds is 15. The molecule has 0 aliphatic heterocycles. The van der Waals surface area contributed by atoms with Crippen molar-refractivity contribution in [2.24, 2.45) is 0 Å². The van der Waals surface area contributed by atoms with Gasteiger partial charge in [0.25, 0.3) is 0 Å². The fraction of sp³-hybridized carbons (Fsp3) is 0.520. The maximum Gasteiger partial charge on any atom is 0.327 e. The van der Waals surface area contributed by atoms with Crippen LogP contribution in [0.25, 0.3) is 11.2 Å². The lowest BCUT2D eigenvalue weighted by Crippen LogP contribution is -2.42. The van der Waals surface area contributed by atoms with Crippen molar-refractivity contribution in [3.63, 3.8) is 0 Å². The number of imidazole rings is 1.